The van der Waals surface area contributed by atoms with Gasteiger partial charge in [0.25, 0.3) is 0 Å². The lowest BCUT2D eigenvalue weighted by Crippen LogP contribution is -2.51. The first-order valence-corrected chi connectivity index (χ1v) is 9.83. The Morgan fingerprint density at radius 1 is 1.41 bits per heavy atom. The van der Waals surface area contributed by atoms with Gasteiger partial charge in [0.15, 0.2) is 0 Å². The lowest BCUT2D eigenvalue weighted by molar-refractivity contribution is -0.0775. The Bertz CT molecular complexity index is 821. The molecule has 0 spiro atoms. The van der Waals surface area contributed by atoms with Crippen LogP contribution < -0.4 is 4.74 Å². The Morgan fingerprint density at radius 3 is 2.93 bits per heavy atom. The highest BCUT2D eigenvalue weighted by Crippen LogP contribution is 2.30. The van der Waals surface area contributed by atoms with Gasteiger partial charge in [-0.1, -0.05) is 15.9 Å². The van der Waals surface area contributed by atoms with E-state index in [9.17, 15) is 4.79 Å². The van der Waals surface area contributed by atoms with Gasteiger partial charge in [-0.3, -0.25) is 4.98 Å². The van der Waals surface area contributed by atoms with Crippen molar-refractivity contribution in [3.63, 3.8) is 0 Å². The van der Waals surface area contributed by atoms with Gasteiger partial charge in [-0.05, 0) is 52.0 Å². The van der Waals surface area contributed by atoms with Crippen molar-refractivity contribution in [1.29, 1.82) is 0 Å². The zero-order valence-electron chi connectivity index (χ0n) is 16.1. The Balaban J connectivity index is 1.71. The number of benzene rings is 1. The number of morpholine rings is 1. The van der Waals surface area contributed by atoms with Crippen LogP contribution in [0.3, 0.4) is 0 Å². The molecule has 1 aromatic heterocycles. The second kappa shape index (κ2) is 8.02. The van der Waals surface area contributed by atoms with Crippen LogP contribution in [0.5, 0.6) is 5.75 Å². The minimum atomic E-state index is -0.519. The zero-order valence-corrected chi connectivity index (χ0v) is 17.7. The van der Waals surface area contributed by atoms with Crippen molar-refractivity contribution in [2.24, 2.45) is 0 Å². The Kier molecular flexibility index (Phi) is 5.91. The third kappa shape index (κ3) is 5.11. The maximum absolute atomic E-state index is 12.4. The van der Waals surface area contributed by atoms with Crippen LogP contribution in [0.1, 0.15) is 27.7 Å². The van der Waals surface area contributed by atoms with Gasteiger partial charge in [0.05, 0.1) is 18.7 Å². The van der Waals surface area contributed by atoms with Gasteiger partial charge in [-0.25, -0.2) is 4.79 Å². The molecule has 2 heterocycles. The molecule has 27 heavy (non-hydrogen) atoms. The van der Waals surface area contributed by atoms with Crippen LogP contribution in [0.4, 0.5) is 4.79 Å². The number of carbonyl (C=O) groups excluding carboxylic acids is 1. The van der Waals surface area contributed by atoms with E-state index in [2.05, 4.69) is 20.9 Å². The zero-order chi connectivity index (χ0) is 19.6. The summed E-state index contributed by atoms with van der Waals surface area (Å²) in [6.45, 7) is 8.94. The molecule has 6 nitrogen and oxygen atoms in total. The fraction of sp³-hybridized carbons (Fsp3) is 0.500. The van der Waals surface area contributed by atoms with Crippen LogP contribution in [0.15, 0.2) is 34.9 Å². The normalized spacial score (nSPS) is 19.0. The number of rotatable bonds is 3. The first kappa shape index (κ1) is 19.9. The maximum Gasteiger partial charge on any atom is 0.410 e. The molecule has 7 heteroatoms. The van der Waals surface area contributed by atoms with Crippen molar-refractivity contribution in [2.45, 2.75) is 45.5 Å². The molecular weight excluding hydrogens is 412 g/mol. The molecule has 146 valence electrons. The van der Waals surface area contributed by atoms with E-state index in [1.165, 1.54) is 0 Å². The number of hydrogen-bond donors (Lipinski definition) is 0. The molecular formula is C20H25BrN2O4. The summed E-state index contributed by atoms with van der Waals surface area (Å²) in [6, 6.07) is 7.74. The molecule has 1 aromatic carbocycles. The number of amides is 1. The number of carbonyl (C=O) groups is 1. The highest BCUT2D eigenvalue weighted by atomic mass is 79.9. The first-order chi connectivity index (χ1) is 12.7. The van der Waals surface area contributed by atoms with E-state index in [-0.39, 0.29) is 18.3 Å². The first-order valence-electron chi connectivity index (χ1n) is 9.03. The average molecular weight is 437 g/mol. The van der Waals surface area contributed by atoms with Crippen molar-refractivity contribution in [3.05, 3.63) is 34.9 Å². The summed E-state index contributed by atoms with van der Waals surface area (Å²) in [5.41, 5.74) is 0.337. The smallest absolute Gasteiger partial charge is 0.410 e. The summed E-state index contributed by atoms with van der Waals surface area (Å²) in [4.78, 5) is 18.4. The van der Waals surface area contributed by atoms with Crippen LogP contribution in [0.2, 0.25) is 0 Å². The second-order valence-corrected chi connectivity index (χ2v) is 8.55. The van der Waals surface area contributed by atoms with Gasteiger partial charge in [0.1, 0.15) is 23.6 Å². The van der Waals surface area contributed by atoms with Crippen LogP contribution in [0.25, 0.3) is 10.9 Å². The predicted molar refractivity (Wildman–Crippen MR) is 107 cm³/mol. The molecule has 2 atom stereocenters. The van der Waals surface area contributed by atoms with Gasteiger partial charge < -0.3 is 19.1 Å². The third-order valence-corrected chi connectivity index (χ3v) is 4.69. The molecule has 1 amide bonds. The van der Waals surface area contributed by atoms with Crippen molar-refractivity contribution in [2.75, 3.05) is 19.7 Å². The van der Waals surface area contributed by atoms with E-state index in [4.69, 9.17) is 14.2 Å². The van der Waals surface area contributed by atoms with E-state index in [0.29, 0.717) is 19.7 Å². The van der Waals surface area contributed by atoms with Gasteiger partial charge in [0, 0.05) is 22.6 Å². The molecule has 0 bridgehead atoms. The summed E-state index contributed by atoms with van der Waals surface area (Å²) in [5.74, 6) is 0.734. The van der Waals surface area contributed by atoms with Gasteiger partial charge in [-0.15, -0.1) is 0 Å². The van der Waals surface area contributed by atoms with Crippen LogP contribution in [-0.2, 0) is 9.47 Å². The molecule has 0 radical (unpaired) electrons. The summed E-state index contributed by atoms with van der Waals surface area (Å²) >= 11 is 3.51. The summed E-state index contributed by atoms with van der Waals surface area (Å²) < 4.78 is 18.4. The standard InChI is InChI=1S/C20H25BrN2O4/c1-13(18-12-23(8-9-25-18)19(24)27-20(2,3)4)26-17-11-14(21)10-16-15(17)6-5-7-22-16/h5-7,10-11,13,18H,8-9,12H2,1-4H3/t13-,18+/m1/s1. The largest absolute Gasteiger partial charge is 0.487 e. The quantitative estimate of drug-likeness (QED) is 0.713. The third-order valence-electron chi connectivity index (χ3n) is 4.23. The topological polar surface area (TPSA) is 60.9 Å². The average Bonchev–Trinajstić information content (AvgIpc) is 2.60. The molecule has 2 aromatic rings. The second-order valence-electron chi connectivity index (χ2n) is 7.63. The number of fused-ring (bicyclic) bond motifs is 1. The maximum atomic E-state index is 12.4. The minimum Gasteiger partial charge on any atom is -0.487 e. The molecule has 0 saturated carbocycles. The molecule has 0 unspecified atom stereocenters. The number of hydrogen-bond acceptors (Lipinski definition) is 5. The SMILES string of the molecule is C[C@@H](Oc1cc(Br)cc2ncccc12)[C@@H]1CN(C(=O)OC(C)(C)C)CCO1. The van der Waals surface area contributed by atoms with E-state index in [1.807, 2.05) is 52.0 Å². The molecule has 0 N–H and O–H groups in total. The molecule has 3 rings (SSSR count). The number of pyridine rings is 1. The van der Waals surface area contributed by atoms with E-state index in [0.717, 1.165) is 21.1 Å². The van der Waals surface area contributed by atoms with Crippen molar-refractivity contribution in [1.82, 2.24) is 9.88 Å². The highest BCUT2D eigenvalue weighted by molar-refractivity contribution is 9.10. The molecule has 1 aliphatic heterocycles. The summed E-state index contributed by atoms with van der Waals surface area (Å²) in [7, 11) is 0. The number of aromatic nitrogens is 1. The summed E-state index contributed by atoms with van der Waals surface area (Å²) in [6.07, 6.45) is 0.954. The van der Waals surface area contributed by atoms with Gasteiger partial charge >= 0.3 is 6.09 Å². The Morgan fingerprint density at radius 2 is 2.19 bits per heavy atom. The summed E-state index contributed by atoms with van der Waals surface area (Å²) in [5, 5.41) is 0.937. The van der Waals surface area contributed by atoms with E-state index < -0.39 is 5.60 Å². The van der Waals surface area contributed by atoms with Gasteiger partial charge in [0.2, 0.25) is 0 Å². The molecule has 0 aliphatic carbocycles. The van der Waals surface area contributed by atoms with Crippen molar-refractivity contribution < 1.29 is 19.0 Å². The van der Waals surface area contributed by atoms with E-state index in [1.54, 1.807) is 11.1 Å². The van der Waals surface area contributed by atoms with Crippen LogP contribution >= 0.6 is 15.9 Å². The minimum absolute atomic E-state index is 0.239. The molecule has 1 fully saturated rings. The lowest BCUT2D eigenvalue weighted by atomic mass is 10.1. The fourth-order valence-corrected chi connectivity index (χ4v) is 3.37. The monoisotopic (exact) mass is 436 g/mol. The predicted octanol–water partition coefficient (Wildman–Crippen LogP) is 4.40. The van der Waals surface area contributed by atoms with Crippen molar-refractivity contribution >= 4 is 32.9 Å². The molecule has 1 aliphatic rings. The Hall–Kier alpha value is -1.86. The van der Waals surface area contributed by atoms with Crippen LogP contribution in [-0.4, -0.2) is 53.5 Å². The Labute approximate surface area is 167 Å². The lowest BCUT2D eigenvalue weighted by Gasteiger charge is -2.36. The molecule has 1 saturated heterocycles. The van der Waals surface area contributed by atoms with E-state index >= 15 is 0 Å². The highest BCUT2D eigenvalue weighted by Gasteiger charge is 2.32. The van der Waals surface area contributed by atoms with Crippen molar-refractivity contribution in [3.8, 4) is 5.75 Å². The number of halogens is 1. The van der Waals surface area contributed by atoms with Crippen LogP contribution in [0, 0.1) is 0 Å². The fourth-order valence-electron chi connectivity index (χ4n) is 2.94. The van der Waals surface area contributed by atoms with Gasteiger partial charge in [-0.2, -0.15) is 0 Å². The number of nitrogens with zero attached hydrogens (tertiary/aromatic N) is 2. The number of ether oxygens (including phenoxy) is 3.